The Hall–Kier alpha value is -4.38. The molecule has 0 saturated heterocycles. The number of nitrogens with zero attached hydrogens (tertiary/aromatic N) is 1. The van der Waals surface area contributed by atoms with E-state index in [2.05, 4.69) is 26.0 Å². The number of carbonyl (C=O) groups is 2. The van der Waals surface area contributed by atoms with Crippen molar-refractivity contribution in [3.05, 3.63) is 94.0 Å². The van der Waals surface area contributed by atoms with Crippen LogP contribution in [0.5, 0.6) is 11.5 Å². The van der Waals surface area contributed by atoms with Crippen LogP contribution < -0.4 is 14.8 Å². The van der Waals surface area contributed by atoms with Crippen molar-refractivity contribution in [3.8, 4) is 22.8 Å². The first-order chi connectivity index (χ1) is 21.4. The highest BCUT2D eigenvalue weighted by Crippen LogP contribution is 2.56. The lowest BCUT2D eigenvalue weighted by Gasteiger charge is -2.51. The number of pyridine rings is 1. The molecule has 0 radical (unpaired) electrons. The number of methoxy groups -OCH3 is 1. The first-order valence-electron chi connectivity index (χ1n) is 14.2. The van der Waals surface area contributed by atoms with E-state index >= 15 is 0 Å². The molecule has 11 heteroatoms. The Bertz CT molecular complexity index is 1880. The van der Waals surface area contributed by atoms with Crippen LogP contribution in [0.2, 0.25) is 0 Å². The van der Waals surface area contributed by atoms with Gasteiger partial charge in [-0.25, -0.2) is 4.98 Å². The summed E-state index contributed by atoms with van der Waals surface area (Å²) in [6.07, 6.45) is -2.62. The standard InChI is InChI=1S/C34H28BrF3N2O5/c1-19-28(23-17-20(35)11-12-25(23)39-29(19)22-8-4-5-9-26(22)44-2)30(41)40-33-15-13-32(14-16-33,31(42)43)18-24(33)21-7-3-6-10-27(21)45-34(36,37)38/h3-12,17-18H,13-16H2,1-2H3,(H,40,41)(H,42,43). The molecule has 1 heterocycles. The number of hydrogen-bond donors (Lipinski definition) is 2. The molecule has 1 saturated carbocycles. The molecule has 3 aliphatic carbocycles. The summed E-state index contributed by atoms with van der Waals surface area (Å²) in [7, 11) is 1.55. The Morgan fingerprint density at radius 3 is 2.24 bits per heavy atom. The lowest BCUT2D eigenvalue weighted by atomic mass is 9.57. The number of halogens is 4. The molecule has 1 amide bonds. The number of ether oxygens (including phenoxy) is 2. The number of benzene rings is 3. The number of carboxylic acids is 1. The van der Waals surface area contributed by atoms with Gasteiger partial charge in [0, 0.05) is 21.0 Å². The number of aliphatic carboxylic acids is 1. The van der Waals surface area contributed by atoms with Crippen molar-refractivity contribution in [1.29, 1.82) is 0 Å². The first kappa shape index (κ1) is 30.6. The number of carboxylic acid groups (broad SMARTS) is 1. The molecule has 2 N–H and O–H groups in total. The second kappa shape index (κ2) is 11.2. The fraction of sp³-hybridized carbons (Fsp3) is 0.265. The Balaban J connectivity index is 1.52. The highest BCUT2D eigenvalue weighted by molar-refractivity contribution is 9.10. The topological polar surface area (TPSA) is 97.8 Å². The van der Waals surface area contributed by atoms with Crippen molar-refractivity contribution < 1.29 is 37.3 Å². The van der Waals surface area contributed by atoms with Gasteiger partial charge in [-0.2, -0.15) is 0 Å². The zero-order valence-corrected chi connectivity index (χ0v) is 25.9. The number of hydrogen-bond acceptors (Lipinski definition) is 5. The number of carbonyl (C=O) groups excluding carboxylic acids is 1. The average molecular weight is 682 g/mol. The molecule has 45 heavy (non-hydrogen) atoms. The number of rotatable bonds is 7. The molecule has 3 aromatic carbocycles. The fourth-order valence-electron chi connectivity index (χ4n) is 6.66. The third kappa shape index (κ3) is 5.43. The molecule has 2 bridgehead atoms. The van der Waals surface area contributed by atoms with Crippen molar-refractivity contribution in [1.82, 2.24) is 10.3 Å². The molecule has 0 aliphatic heterocycles. The van der Waals surface area contributed by atoms with Crippen LogP contribution in [0.25, 0.3) is 27.7 Å². The third-order valence-corrected chi connectivity index (χ3v) is 9.39. The van der Waals surface area contributed by atoms with Crippen LogP contribution in [0.3, 0.4) is 0 Å². The molecule has 7 nitrogen and oxygen atoms in total. The molecule has 232 valence electrons. The monoisotopic (exact) mass is 680 g/mol. The van der Waals surface area contributed by atoms with E-state index in [1.807, 2.05) is 24.3 Å². The van der Waals surface area contributed by atoms with Gasteiger partial charge in [0.25, 0.3) is 5.91 Å². The summed E-state index contributed by atoms with van der Waals surface area (Å²) in [6, 6.07) is 18.4. The minimum absolute atomic E-state index is 0.0777. The van der Waals surface area contributed by atoms with Crippen LogP contribution in [-0.4, -0.2) is 41.0 Å². The van der Waals surface area contributed by atoms with E-state index in [0.717, 1.165) is 4.47 Å². The van der Waals surface area contributed by atoms with Gasteiger partial charge in [0.05, 0.1) is 34.8 Å². The van der Waals surface area contributed by atoms with E-state index in [9.17, 15) is 27.9 Å². The Morgan fingerprint density at radius 2 is 1.60 bits per heavy atom. The summed E-state index contributed by atoms with van der Waals surface area (Å²) in [5.41, 5.74) is 0.660. The zero-order chi connectivity index (χ0) is 32.1. The van der Waals surface area contributed by atoms with E-state index in [1.54, 1.807) is 38.3 Å². The fourth-order valence-corrected chi connectivity index (χ4v) is 7.02. The molecule has 0 spiro atoms. The Kier molecular flexibility index (Phi) is 7.63. The number of aromatic nitrogens is 1. The van der Waals surface area contributed by atoms with Crippen LogP contribution >= 0.6 is 15.9 Å². The summed E-state index contributed by atoms with van der Waals surface area (Å²) in [4.78, 5) is 31.9. The predicted molar refractivity (Wildman–Crippen MR) is 166 cm³/mol. The van der Waals surface area contributed by atoms with Gasteiger partial charge in [0.15, 0.2) is 0 Å². The average Bonchev–Trinajstić information content (AvgIpc) is 3.00. The van der Waals surface area contributed by atoms with E-state index in [1.165, 1.54) is 24.3 Å². The molecule has 1 aromatic heterocycles. The van der Waals surface area contributed by atoms with Crippen molar-refractivity contribution in [2.45, 2.75) is 44.5 Å². The summed E-state index contributed by atoms with van der Waals surface area (Å²) >= 11 is 3.50. The Morgan fingerprint density at radius 1 is 0.956 bits per heavy atom. The maximum Gasteiger partial charge on any atom is 0.573 e. The molecule has 7 rings (SSSR count). The number of amides is 1. The van der Waals surface area contributed by atoms with E-state index < -0.39 is 34.9 Å². The molecular weight excluding hydrogens is 653 g/mol. The third-order valence-electron chi connectivity index (χ3n) is 8.89. The number of alkyl halides is 3. The molecule has 4 aromatic rings. The minimum Gasteiger partial charge on any atom is -0.496 e. The minimum atomic E-state index is -4.97. The van der Waals surface area contributed by atoms with Gasteiger partial charge < -0.3 is 19.9 Å². The maximum atomic E-state index is 14.5. The van der Waals surface area contributed by atoms with Gasteiger partial charge in [-0.05, 0) is 80.1 Å². The van der Waals surface area contributed by atoms with Crippen LogP contribution in [0.15, 0.2) is 77.3 Å². The van der Waals surface area contributed by atoms with Gasteiger partial charge in [0.2, 0.25) is 0 Å². The van der Waals surface area contributed by atoms with Crippen LogP contribution in [0.4, 0.5) is 13.2 Å². The lowest BCUT2D eigenvalue weighted by Crippen LogP contribution is -2.57. The maximum absolute atomic E-state index is 14.5. The first-order valence-corrected chi connectivity index (χ1v) is 15.0. The molecule has 3 aliphatic rings. The van der Waals surface area contributed by atoms with Gasteiger partial charge in [-0.3, -0.25) is 9.59 Å². The SMILES string of the molecule is COc1ccccc1-c1nc2ccc(Br)cc2c(C(=O)NC23CCC(C(=O)O)(C=C2c2ccccc2OC(F)(F)F)CC3)c1C. The lowest BCUT2D eigenvalue weighted by molar-refractivity contribution is -0.274. The summed E-state index contributed by atoms with van der Waals surface area (Å²) < 4.78 is 51.0. The normalized spacial score (nSPS) is 20.9. The number of fused-ring (bicyclic) bond motifs is 3. The van der Waals surface area contributed by atoms with Crippen molar-refractivity contribution in [3.63, 3.8) is 0 Å². The second-order valence-corrected chi connectivity index (χ2v) is 12.3. The Labute approximate surface area is 265 Å². The smallest absolute Gasteiger partial charge is 0.496 e. The van der Waals surface area contributed by atoms with Gasteiger partial charge >= 0.3 is 12.3 Å². The largest absolute Gasteiger partial charge is 0.573 e. The highest BCUT2D eigenvalue weighted by atomic mass is 79.9. The van der Waals surface area contributed by atoms with E-state index in [4.69, 9.17) is 9.72 Å². The van der Waals surface area contributed by atoms with Crippen LogP contribution in [0.1, 0.15) is 47.2 Å². The summed E-state index contributed by atoms with van der Waals surface area (Å²) in [5, 5.41) is 13.9. The summed E-state index contributed by atoms with van der Waals surface area (Å²) in [6.45, 7) is 1.79. The highest BCUT2D eigenvalue weighted by Gasteiger charge is 2.54. The second-order valence-electron chi connectivity index (χ2n) is 11.4. The van der Waals surface area contributed by atoms with Crippen molar-refractivity contribution in [2.75, 3.05) is 7.11 Å². The molecular formula is C34H28BrF3N2O5. The van der Waals surface area contributed by atoms with Gasteiger partial charge in [-0.15, -0.1) is 13.2 Å². The van der Waals surface area contributed by atoms with E-state index in [-0.39, 0.29) is 36.8 Å². The summed E-state index contributed by atoms with van der Waals surface area (Å²) in [5.74, 6) is -1.41. The van der Waals surface area contributed by atoms with Crippen LogP contribution in [0, 0.1) is 12.3 Å². The predicted octanol–water partition coefficient (Wildman–Crippen LogP) is 8.09. The molecule has 0 unspecified atom stereocenters. The number of nitrogens with one attached hydrogen (secondary N) is 1. The van der Waals surface area contributed by atoms with Gasteiger partial charge in [-0.1, -0.05) is 52.3 Å². The van der Waals surface area contributed by atoms with Gasteiger partial charge in [0.1, 0.15) is 11.5 Å². The molecule has 0 atom stereocenters. The molecule has 1 fully saturated rings. The van der Waals surface area contributed by atoms with Crippen molar-refractivity contribution >= 4 is 44.3 Å². The zero-order valence-electron chi connectivity index (χ0n) is 24.3. The van der Waals surface area contributed by atoms with Crippen LogP contribution in [-0.2, 0) is 4.79 Å². The van der Waals surface area contributed by atoms with Crippen molar-refractivity contribution in [2.24, 2.45) is 5.41 Å². The number of para-hydroxylation sites is 2. The van der Waals surface area contributed by atoms with E-state index in [0.29, 0.717) is 39.0 Å². The quantitative estimate of drug-likeness (QED) is 0.205.